The number of amides is 1. The summed E-state index contributed by atoms with van der Waals surface area (Å²) in [5.74, 6) is -1.34. The van der Waals surface area contributed by atoms with Crippen molar-refractivity contribution >= 4 is 11.9 Å². The van der Waals surface area contributed by atoms with E-state index in [2.05, 4.69) is 15.5 Å². The van der Waals surface area contributed by atoms with Gasteiger partial charge in [0.1, 0.15) is 0 Å². The zero-order valence-corrected chi connectivity index (χ0v) is 11.7. The summed E-state index contributed by atoms with van der Waals surface area (Å²) in [5.41, 5.74) is 0.113. The van der Waals surface area contributed by atoms with Crippen LogP contribution in [0.5, 0.6) is 0 Å². The normalized spacial score (nSPS) is 13.1. The monoisotopic (exact) mass is 268 g/mol. The predicted octanol–water partition coefficient (Wildman–Crippen LogP) is 0.824. The minimum atomic E-state index is -0.936. The molecule has 0 aromatic carbocycles. The summed E-state index contributed by atoms with van der Waals surface area (Å²) < 4.78 is 0. The Morgan fingerprint density at radius 2 is 2.11 bits per heavy atom. The van der Waals surface area contributed by atoms with Crippen LogP contribution in [0.4, 0.5) is 0 Å². The van der Waals surface area contributed by atoms with Crippen LogP contribution >= 0.6 is 0 Å². The molecule has 19 heavy (non-hydrogen) atoms. The first kappa shape index (κ1) is 15.1. The standard InChI is InChI=1S/C12H20N4O3/c1-12(2,3)6-8(5-10(17)18)14-11(19)9-7-13-16(4)15-9/h7-8H,5-6H2,1-4H3,(H,14,19)(H,17,18). The SMILES string of the molecule is Cn1ncc(C(=O)NC(CC(=O)O)CC(C)(C)C)n1. The number of carboxylic acids is 1. The molecular weight excluding hydrogens is 248 g/mol. The zero-order chi connectivity index (χ0) is 14.6. The maximum absolute atomic E-state index is 11.9. The fourth-order valence-corrected chi connectivity index (χ4v) is 1.83. The number of nitrogens with zero attached hydrogens (tertiary/aromatic N) is 3. The van der Waals surface area contributed by atoms with Gasteiger partial charge in [0.25, 0.3) is 5.91 Å². The van der Waals surface area contributed by atoms with Crippen molar-refractivity contribution in [3.8, 4) is 0 Å². The van der Waals surface area contributed by atoms with Crippen LogP contribution in [0.1, 0.15) is 44.1 Å². The van der Waals surface area contributed by atoms with Gasteiger partial charge in [0.2, 0.25) is 0 Å². The van der Waals surface area contributed by atoms with E-state index in [1.807, 2.05) is 20.8 Å². The van der Waals surface area contributed by atoms with Gasteiger partial charge in [-0.05, 0) is 11.8 Å². The number of aliphatic carboxylic acids is 1. The number of nitrogens with one attached hydrogen (secondary N) is 1. The first-order valence-corrected chi connectivity index (χ1v) is 6.06. The molecule has 0 bridgehead atoms. The molecule has 2 N–H and O–H groups in total. The Kier molecular flexibility index (Phi) is 4.63. The van der Waals surface area contributed by atoms with Crippen LogP contribution < -0.4 is 5.32 Å². The molecule has 106 valence electrons. The van der Waals surface area contributed by atoms with E-state index in [4.69, 9.17) is 5.11 Å². The van der Waals surface area contributed by atoms with E-state index in [0.717, 1.165) is 0 Å². The van der Waals surface area contributed by atoms with Crippen molar-refractivity contribution in [1.29, 1.82) is 0 Å². The fraction of sp³-hybridized carbons (Fsp3) is 0.667. The molecule has 0 aliphatic rings. The summed E-state index contributed by atoms with van der Waals surface area (Å²) in [5, 5.41) is 19.3. The number of carboxylic acid groups (broad SMARTS) is 1. The van der Waals surface area contributed by atoms with Crippen molar-refractivity contribution in [3.63, 3.8) is 0 Å². The Morgan fingerprint density at radius 3 is 2.53 bits per heavy atom. The average Bonchev–Trinajstić information content (AvgIpc) is 2.60. The molecule has 7 nitrogen and oxygen atoms in total. The topological polar surface area (TPSA) is 97.1 Å². The summed E-state index contributed by atoms with van der Waals surface area (Å²) >= 11 is 0. The molecule has 1 amide bonds. The molecular formula is C12H20N4O3. The van der Waals surface area contributed by atoms with Gasteiger partial charge in [0.05, 0.1) is 12.6 Å². The minimum Gasteiger partial charge on any atom is -0.481 e. The second-order valence-corrected chi connectivity index (χ2v) is 5.75. The predicted molar refractivity (Wildman–Crippen MR) is 68.6 cm³/mol. The van der Waals surface area contributed by atoms with Gasteiger partial charge < -0.3 is 10.4 Å². The van der Waals surface area contributed by atoms with Crippen LogP contribution in [-0.2, 0) is 11.8 Å². The van der Waals surface area contributed by atoms with Gasteiger partial charge in [-0.3, -0.25) is 9.59 Å². The maximum atomic E-state index is 11.9. The van der Waals surface area contributed by atoms with Gasteiger partial charge in [-0.25, -0.2) is 0 Å². The van der Waals surface area contributed by atoms with Crippen LogP contribution in [0.15, 0.2) is 6.20 Å². The molecule has 1 aromatic heterocycles. The summed E-state index contributed by atoms with van der Waals surface area (Å²) in [6.07, 6.45) is 1.82. The van der Waals surface area contributed by atoms with E-state index >= 15 is 0 Å². The molecule has 0 spiro atoms. The molecule has 1 rings (SSSR count). The van der Waals surface area contributed by atoms with E-state index < -0.39 is 17.9 Å². The third-order valence-corrected chi connectivity index (χ3v) is 2.45. The molecule has 1 aromatic rings. The van der Waals surface area contributed by atoms with Crippen LogP contribution in [0, 0.1) is 5.41 Å². The number of carbonyl (C=O) groups excluding carboxylic acids is 1. The van der Waals surface area contributed by atoms with Crippen molar-refractivity contribution in [2.75, 3.05) is 0 Å². The lowest BCUT2D eigenvalue weighted by Gasteiger charge is -2.25. The quantitative estimate of drug-likeness (QED) is 0.824. The number of aromatic nitrogens is 3. The minimum absolute atomic E-state index is 0.0736. The van der Waals surface area contributed by atoms with E-state index in [0.29, 0.717) is 6.42 Å². The molecule has 0 aliphatic carbocycles. The van der Waals surface area contributed by atoms with Crippen molar-refractivity contribution in [2.45, 2.75) is 39.7 Å². The van der Waals surface area contributed by atoms with E-state index in [-0.39, 0.29) is 17.5 Å². The number of carbonyl (C=O) groups is 2. The van der Waals surface area contributed by atoms with Crippen LogP contribution in [0.2, 0.25) is 0 Å². The zero-order valence-electron chi connectivity index (χ0n) is 11.7. The van der Waals surface area contributed by atoms with Crippen molar-refractivity contribution in [1.82, 2.24) is 20.3 Å². The molecule has 1 atom stereocenters. The molecule has 0 fully saturated rings. The van der Waals surface area contributed by atoms with Gasteiger partial charge in [-0.15, -0.1) is 5.10 Å². The number of hydrogen-bond acceptors (Lipinski definition) is 4. The number of hydrogen-bond donors (Lipinski definition) is 2. The molecule has 1 unspecified atom stereocenters. The van der Waals surface area contributed by atoms with Gasteiger partial charge in [-0.2, -0.15) is 9.90 Å². The van der Waals surface area contributed by atoms with Crippen LogP contribution in [0.25, 0.3) is 0 Å². The Labute approximate surface area is 112 Å². The highest BCUT2D eigenvalue weighted by atomic mass is 16.4. The molecule has 0 radical (unpaired) electrons. The van der Waals surface area contributed by atoms with Gasteiger partial charge in [0, 0.05) is 13.1 Å². The maximum Gasteiger partial charge on any atom is 0.305 e. The Bertz CT molecular complexity index is 462. The van der Waals surface area contributed by atoms with Gasteiger partial charge >= 0.3 is 5.97 Å². The first-order chi connectivity index (χ1) is 8.67. The molecule has 7 heteroatoms. The summed E-state index contributed by atoms with van der Waals surface area (Å²) in [6, 6.07) is -0.424. The summed E-state index contributed by atoms with van der Waals surface area (Å²) in [4.78, 5) is 24.0. The Morgan fingerprint density at radius 1 is 1.47 bits per heavy atom. The lowest BCUT2D eigenvalue weighted by molar-refractivity contribution is -0.137. The third-order valence-electron chi connectivity index (χ3n) is 2.45. The van der Waals surface area contributed by atoms with E-state index in [1.54, 1.807) is 7.05 Å². The highest BCUT2D eigenvalue weighted by molar-refractivity contribution is 5.92. The Balaban J connectivity index is 2.71. The first-order valence-electron chi connectivity index (χ1n) is 6.06. The highest BCUT2D eigenvalue weighted by Crippen LogP contribution is 2.22. The third kappa shape index (κ3) is 5.50. The van der Waals surface area contributed by atoms with Crippen molar-refractivity contribution in [2.24, 2.45) is 12.5 Å². The molecule has 0 saturated carbocycles. The number of rotatable bonds is 5. The average molecular weight is 268 g/mol. The highest BCUT2D eigenvalue weighted by Gasteiger charge is 2.24. The van der Waals surface area contributed by atoms with Crippen molar-refractivity contribution in [3.05, 3.63) is 11.9 Å². The van der Waals surface area contributed by atoms with Crippen LogP contribution in [-0.4, -0.2) is 38.0 Å². The summed E-state index contributed by atoms with van der Waals surface area (Å²) in [7, 11) is 1.61. The van der Waals surface area contributed by atoms with E-state index in [9.17, 15) is 9.59 Å². The Hall–Kier alpha value is -1.92. The van der Waals surface area contributed by atoms with Crippen molar-refractivity contribution < 1.29 is 14.7 Å². The molecule has 0 saturated heterocycles. The van der Waals surface area contributed by atoms with Gasteiger partial charge in [-0.1, -0.05) is 20.8 Å². The van der Waals surface area contributed by atoms with Crippen LogP contribution in [0.3, 0.4) is 0 Å². The number of aryl methyl sites for hydroxylation is 1. The second-order valence-electron chi connectivity index (χ2n) is 5.75. The van der Waals surface area contributed by atoms with Gasteiger partial charge in [0.15, 0.2) is 5.69 Å². The molecule has 1 heterocycles. The van der Waals surface area contributed by atoms with E-state index in [1.165, 1.54) is 11.0 Å². The second kappa shape index (κ2) is 5.81. The smallest absolute Gasteiger partial charge is 0.305 e. The largest absolute Gasteiger partial charge is 0.481 e. The molecule has 0 aliphatic heterocycles. The fourth-order valence-electron chi connectivity index (χ4n) is 1.83. The lowest BCUT2D eigenvalue weighted by atomic mass is 9.87. The lowest BCUT2D eigenvalue weighted by Crippen LogP contribution is -2.39. The summed E-state index contributed by atoms with van der Waals surface area (Å²) in [6.45, 7) is 5.99.